The number of para-hydroxylation sites is 1. The van der Waals surface area contributed by atoms with Crippen LogP contribution in [0.25, 0.3) is 0 Å². The number of likely N-dealkylation sites (N-methyl/N-ethyl adjacent to an activating group) is 1. The van der Waals surface area contributed by atoms with Crippen LogP contribution in [-0.2, 0) is 0 Å². The summed E-state index contributed by atoms with van der Waals surface area (Å²) < 4.78 is 5.70. The highest BCUT2D eigenvalue weighted by Gasteiger charge is 2.25. The summed E-state index contributed by atoms with van der Waals surface area (Å²) in [6.45, 7) is 3.09. The van der Waals surface area contributed by atoms with Gasteiger partial charge in [0.05, 0.1) is 11.7 Å². The lowest BCUT2D eigenvalue weighted by Gasteiger charge is -2.16. The number of ether oxygens (including phenoxy) is 1. The molecule has 6 nitrogen and oxygen atoms in total. The molecule has 1 aliphatic heterocycles. The summed E-state index contributed by atoms with van der Waals surface area (Å²) >= 11 is 0. The van der Waals surface area contributed by atoms with E-state index in [-0.39, 0.29) is 11.8 Å². The first-order chi connectivity index (χ1) is 10.6. The second-order valence-corrected chi connectivity index (χ2v) is 5.84. The zero-order valence-corrected chi connectivity index (χ0v) is 13.2. The van der Waals surface area contributed by atoms with Crippen molar-refractivity contribution in [3.8, 4) is 5.75 Å². The van der Waals surface area contributed by atoms with Gasteiger partial charge in [0.25, 0.3) is 5.91 Å². The van der Waals surface area contributed by atoms with Crippen molar-refractivity contribution in [2.45, 2.75) is 6.10 Å². The molecule has 1 aromatic carbocycles. The molecular formula is C16H25N3O3. The Morgan fingerprint density at radius 1 is 1.41 bits per heavy atom. The Hall–Kier alpha value is -1.63. The quantitative estimate of drug-likeness (QED) is 0.658. The molecule has 0 aromatic heterocycles. The van der Waals surface area contributed by atoms with Crippen LogP contribution in [0.3, 0.4) is 0 Å². The first-order valence-electron chi connectivity index (χ1n) is 7.61. The van der Waals surface area contributed by atoms with Gasteiger partial charge in [0.1, 0.15) is 12.4 Å². The number of hydrogen-bond acceptors (Lipinski definition) is 5. The number of carbonyl (C=O) groups is 1. The third kappa shape index (κ3) is 4.69. The molecule has 2 atom stereocenters. The number of hydrogen-bond donors (Lipinski definition) is 3. The molecule has 2 unspecified atom stereocenters. The first-order valence-corrected chi connectivity index (χ1v) is 7.61. The van der Waals surface area contributed by atoms with Crippen molar-refractivity contribution in [3.05, 3.63) is 29.8 Å². The Labute approximate surface area is 131 Å². The van der Waals surface area contributed by atoms with Gasteiger partial charge in [-0.05, 0) is 26.2 Å². The molecule has 1 saturated heterocycles. The normalized spacial score (nSPS) is 21.1. The Balaban J connectivity index is 1.91. The van der Waals surface area contributed by atoms with Gasteiger partial charge in [0, 0.05) is 32.1 Å². The minimum atomic E-state index is -0.396. The lowest BCUT2D eigenvalue weighted by Crippen LogP contribution is -2.34. The van der Waals surface area contributed by atoms with Gasteiger partial charge in [0.2, 0.25) is 0 Å². The summed E-state index contributed by atoms with van der Waals surface area (Å²) in [5, 5.41) is 15.7. The second-order valence-electron chi connectivity index (χ2n) is 5.84. The van der Waals surface area contributed by atoms with E-state index in [1.54, 1.807) is 12.1 Å². The van der Waals surface area contributed by atoms with E-state index in [4.69, 9.17) is 4.74 Å². The smallest absolute Gasteiger partial charge is 0.255 e. The van der Waals surface area contributed by atoms with Crippen LogP contribution in [0.5, 0.6) is 5.75 Å². The summed E-state index contributed by atoms with van der Waals surface area (Å²) in [6.07, 6.45) is -0.396. The monoisotopic (exact) mass is 307 g/mol. The standard InChI is InChI=1S/C16H25N3O3/c1-19(2)7-8-22-15-6-4-3-5-13(15)16(21)18-10-12-9-17-11-14(12)20/h3-6,12,14,17,20H,7-11H2,1-2H3,(H,18,21). The molecule has 0 saturated carbocycles. The lowest BCUT2D eigenvalue weighted by atomic mass is 10.1. The lowest BCUT2D eigenvalue weighted by molar-refractivity contribution is 0.0923. The topological polar surface area (TPSA) is 73.8 Å². The Bertz CT molecular complexity index is 493. The summed E-state index contributed by atoms with van der Waals surface area (Å²) in [7, 11) is 3.95. The zero-order chi connectivity index (χ0) is 15.9. The van der Waals surface area contributed by atoms with Crippen LogP contribution in [0, 0.1) is 5.92 Å². The van der Waals surface area contributed by atoms with Crippen LogP contribution in [0.2, 0.25) is 0 Å². The van der Waals surface area contributed by atoms with E-state index in [1.807, 2.05) is 31.1 Å². The fourth-order valence-corrected chi connectivity index (χ4v) is 2.36. The van der Waals surface area contributed by atoms with Crippen molar-refractivity contribution in [3.63, 3.8) is 0 Å². The number of rotatable bonds is 7. The van der Waals surface area contributed by atoms with Gasteiger partial charge in [-0.15, -0.1) is 0 Å². The zero-order valence-electron chi connectivity index (χ0n) is 13.2. The number of benzene rings is 1. The molecule has 3 N–H and O–H groups in total. The highest BCUT2D eigenvalue weighted by Crippen LogP contribution is 2.18. The van der Waals surface area contributed by atoms with E-state index >= 15 is 0 Å². The van der Waals surface area contributed by atoms with Crippen molar-refractivity contribution in [2.24, 2.45) is 5.92 Å². The molecule has 2 rings (SSSR count). The van der Waals surface area contributed by atoms with Crippen LogP contribution in [0.4, 0.5) is 0 Å². The van der Waals surface area contributed by atoms with Gasteiger partial charge < -0.3 is 25.4 Å². The van der Waals surface area contributed by atoms with Crippen molar-refractivity contribution < 1.29 is 14.6 Å². The minimum Gasteiger partial charge on any atom is -0.491 e. The molecule has 122 valence electrons. The Morgan fingerprint density at radius 3 is 2.86 bits per heavy atom. The van der Waals surface area contributed by atoms with Gasteiger partial charge in [-0.1, -0.05) is 12.1 Å². The van der Waals surface area contributed by atoms with Crippen LogP contribution in [0.1, 0.15) is 10.4 Å². The molecule has 0 aliphatic carbocycles. The average Bonchev–Trinajstić information content (AvgIpc) is 2.90. The fraction of sp³-hybridized carbons (Fsp3) is 0.562. The highest BCUT2D eigenvalue weighted by atomic mass is 16.5. The maximum Gasteiger partial charge on any atom is 0.255 e. The molecule has 0 bridgehead atoms. The number of amides is 1. The fourth-order valence-electron chi connectivity index (χ4n) is 2.36. The van der Waals surface area contributed by atoms with Crippen molar-refractivity contribution >= 4 is 5.91 Å². The maximum absolute atomic E-state index is 12.3. The van der Waals surface area contributed by atoms with E-state index in [0.29, 0.717) is 31.0 Å². The maximum atomic E-state index is 12.3. The SMILES string of the molecule is CN(C)CCOc1ccccc1C(=O)NCC1CNCC1O. The molecule has 0 radical (unpaired) electrons. The molecule has 1 aromatic rings. The van der Waals surface area contributed by atoms with E-state index in [0.717, 1.165) is 13.1 Å². The molecule has 1 heterocycles. The average molecular weight is 307 g/mol. The summed E-state index contributed by atoms with van der Waals surface area (Å²) in [4.78, 5) is 14.3. The molecule has 1 amide bonds. The van der Waals surface area contributed by atoms with Crippen LogP contribution in [-0.4, -0.2) is 68.9 Å². The predicted octanol–water partition coefficient (Wildman–Crippen LogP) is -0.0629. The largest absolute Gasteiger partial charge is 0.491 e. The summed E-state index contributed by atoms with van der Waals surface area (Å²) in [5.41, 5.74) is 0.529. The van der Waals surface area contributed by atoms with Gasteiger partial charge >= 0.3 is 0 Å². The van der Waals surface area contributed by atoms with Gasteiger partial charge in [-0.25, -0.2) is 0 Å². The molecule has 1 fully saturated rings. The predicted molar refractivity (Wildman–Crippen MR) is 85.2 cm³/mol. The minimum absolute atomic E-state index is 0.0609. The second kappa shape index (κ2) is 8.12. The van der Waals surface area contributed by atoms with Gasteiger partial charge in [-0.3, -0.25) is 4.79 Å². The molecule has 0 spiro atoms. The Kier molecular flexibility index (Phi) is 6.18. The number of nitrogens with one attached hydrogen (secondary N) is 2. The molecule has 6 heteroatoms. The van der Waals surface area contributed by atoms with E-state index in [9.17, 15) is 9.90 Å². The van der Waals surface area contributed by atoms with E-state index in [1.165, 1.54) is 0 Å². The van der Waals surface area contributed by atoms with E-state index in [2.05, 4.69) is 10.6 Å². The van der Waals surface area contributed by atoms with Gasteiger partial charge in [0.15, 0.2) is 0 Å². The molecule has 22 heavy (non-hydrogen) atoms. The molecular weight excluding hydrogens is 282 g/mol. The number of carbonyl (C=O) groups excluding carboxylic acids is 1. The number of β-amino-alcohol motifs (C(OH)–C–C–N with tert-alkyl or cyclic N) is 1. The van der Waals surface area contributed by atoms with Crippen molar-refractivity contribution in [2.75, 3.05) is 46.9 Å². The number of nitrogens with zero attached hydrogens (tertiary/aromatic N) is 1. The third-order valence-electron chi connectivity index (χ3n) is 3.76. The molecule has 1 aliphatic rings. The summed E-state index contributed by atoms with van der Waals surface area (Å²) in [5.74, 6) is 0.484. The van der Waals surface area contributed by atoms with Crippen molar-refractivity contribution in [1.82, 2.24) is 15.5 Å². The van der Waals surface area contributed by atoms with Crippen molar-refractivity contribution in [1.29, 1.82) is 0 Å². The van der Waals surface area contributed by atoms with E-state index < -0.39 is 6.10 Å². The van der Waals surface area contributed by atoms with Crippen LogP contribution < -0.4 is 15.4 Å². The number of aliphatic hydroxyl groups excluding tert-OH is 1. The first kappa shape index (κ1) is 16.7. The van der Waals surface area contributed by atoms with Crippen LogP contribution >= 0.6 is 0 Å². The Morgan fingerprint density at radius 2 is 2.18 bits per heavy atom. The number of aliphatic hydroxyl groups is 1. The summed E-state index contributed by atoms with van der Waals surface area (Å²) in [6, 6.07) is 7.23. The van der Waals surface area contributed by atoms with Gasteiger partial charge in [-0.2, -0.15) is 0 Å². The third-order valence-corrected chi connectivity index (χ3v) is 3.76. The highest BCUT2D eigenvalue weighted by molar-refractivity contribution is 5.96. The van der Waals surface area contributed by atoms with Crippen LogP contribution in [0.15, 0.2) is 24.3 Å².